The van der Waals surface area contributed by atoms with Crippen LogP contribution in [0.4, 0.5) is 10.5 Å². The SMILES string of the molecule is CNC(=O)NC(=O)[C@@H](OC(=O)c1ccc(-c2ccc([N+](=O)[O-])cc2)o1)c1ccccc1. The zero-order valence-corrected chi connectivity index (χ0v) is 16.2. The van der Waals surface area contributed by atoms with Gasteiger partial charge in [-0.25, -0.2) is 9.59 Å². The summed E-state index contributed by atoms with van der Waals surface area (Å²) in [6.45, 7) is 0. The second-order valence-corrected chi connectivity index (χ2v) is 6.23. The highest BCUT2D eigenvalue weighted by molar-refractivity contribution is 5.98. The molecule has 3 aromatic rings. The highest BCUT2D eigenvalue weighted by Gasteiger charge is 2.28. The number of imide groups is 1. The number of rotatable bonds is 6. The predicted molar refractivity (Wildman–Crippen MR) is 108 cm³/mol. The summed E-state index contributed by atoms with van der Waals surface area (Å²) in [5.41, 5.74) is 0.795. The molecule has 0 fully saturated rings. The van der Waals surface area contributed by atoms with E-state index in [4.69, 9.17) is 9.15 Å². The summed E-state index contributed by atoms with van der Waals surface area (Å²) in [5, 5.41) is 15.1. The van der Waals surface area contributed by atoms with E-state index in [9.17, 15) is 24.5 Å². The average molecular weight is 423 g/mol. The number of nitrogens with one attached hydrogen (secondary N) is 2. The fourth-order valence-corrected chi connectivity index (χ4v) is 2.66. The molecule has 31 heavy (non-hydrogen) atoms. The van der Waals surface area contributed by atoms with E-state index in [1.807, 2.05) is 0 Å². The highest BCUT2D eigenvalue weighted by Crippen LogP contribution is 2.26. The summed E-state index contributed by atoms with van der Waals surface area (Å²) in [4.78, 5) is 46.8. The van der Waals surface area contributed by atoms with Gasteiger partial charge in [-0.3, -0.25) is 20.2 Å². The maximum atomic E-state index is 12.6. The van der Waals surface area contributed by atoms with Crippen LogP contribution in [0.15, 0.2) is 71.1 Å². The van der Waals surface area contributed by atoms with E-state index < -0.39 is 28.9 Å². The molecule has 10 nitrogen and oxygen atoms in total. The summed E-state index contributed by atoms with van der Waals surface area (Å²) in [5.74, 6) is -1.65. The fourth-order valence-electron chi connectivity index (χ4n) is 2.66. The number of nitrogens with zero attached hydrogens (tertiary/aromatic N) is 1. The maximum Gasteiger partial charge on any atom is 0.375 e. The van der Waals surface area contributed by atoms with Crippen LogP contribution in [-0.4, -0.2) is 29.9 Å². The lowest BCUT2D eigenvalue weighted by Crippen LogP contribution is -2.41. The van der Waals surface area contributed by atoms with Crippen molar-refractivity contribution in [2.75, 3.05) is 7.05 Å². The van der Waals surface area contributed by atoms with Crippen molar-refractivity contribution in [1.82, 2.24) is 10.6 Å². The van der Waals surface area contributed by atoms with Crippen molar-refractivity contribution in [1.29, 1.82) is 0 Å². The zero-order chi connectivity index (χ0) is 22.4. The molecule has 3 rings (SSSR count). The van der Waals surface area contributed by atoms with Gasteiger partial charge in [0.05, 0.1) is 4.92 Å². The number of hydrogen-bond acceptors (Lipinski definition) is 7. The van der Waals surface area contributed by atoms with Gasteiger partial charge in [-0.15, -0.1) is 0 Å². The minimum atomic E-state index is -1.39. The van der Waals surface area contributed by atoms with E-state index in [2.05, 4.69) is 10.6 Å². The van der Waals surface area contributed by atoms with Gasteiger partial charge in [0.15, 0.2) is 0 Å². The minimum absolute atomic E-state index is 0.0808. The first kappa shape index (κ1) is 21.2. The molecule has 2 aromatic carbocycles. The summed E-state index contributed by atoms with van der Waals surface area (Å²) in [6.07, 6.45) is -1.39. The van der Waals surface area contributed by atoms with Crippen molar-refractivity contribution in [3.63, 3.8) is 0 Å². The van der Waals surface area contributed by atoms with E-state index in [0.29, 0.717) is 11.1 Å². The van der Waals surface area contributed by atoms with E-state index in [1.165, 1.54) is 43.4 Å². The van der Waals surface area contributed by atoms with Gasteiger partial charge in [-0.05, 0) is 24.3 Å². The second-order valence-electron chi connectivity index (χ2n) is 6.23. The van der Waals surface area contributed by atoms with Crippen molar-refractivity contribution < 1.29 is 28.5 Å². The lowest BCUT2D eigenvalue weighted by atomic mass is 10.1. The lowest BCUT2D eigenvalue weighted by Gasteiger charge is -2.16. The number of esters is 1. The topological polar surface area (TPSA) is 141 Å². The molecule has 10 heteroatoms. The minimum Gasteiger partial charge on any atom is -0.449 e. The normalized spacial score (nSPS) is 11.3. The first-order chi connectivity index (χ1) is 14.9. The zero-order valence-electron chi connectivity index (χ0n) is 16.2. The molecule has 0 unspecified atom stereocenters. The van der Waals surface area contributed by atoms with Gasteiger partial charge in [-0.2, -0.15) is 0 Å². The third-order valence-corrected chi connectivity index (χ3v) is 4.20. The third kappa shape index (κ3) is 5.12. The van der Waals surface area contributed by atoms with Crippen LogP contribution in [0.1, 0.15) is 22.2 Å². The molecule has 0 aliphatic rings. The van der Waals surface area contributed by atoms with Crippen molar-refractivity contribution >= 4 is 23.6 Å². The Kier molecular flexibility index (Phi) is 6.41. The van der Waals surface area contributed by atoms with Crippen LogP contribution < -0.4 is 10.6 Å². The molecule has 1 aromatic heterocycles. The summed E-state index contributed by atoms with van der Waals surface area (Å²) < 4.78 is 10.8. The van der Waals surface area contributed by atoms with Crippen molar-refractivity contribution in [3.8, 4) is 11.3 Å². The molecular weight excluding hydrogens is 406 g/mol. The molecule has 0 saturated carbocycles. The number of carbonyl (C=O) groups is 3. The van der Waals surface area contributed by atoms with E-state index >= 15 is 0 Å². The van der Waals surface area contributed by atoms with Crippen LogP contribution in [0.3, 0.4) is 0 Å². The van der Waals surface area contributed by atoms with Crippen molar-refractivity contribution in [2.45, 2.75) is 6.10 Å². The van der Waals surface area contributed by atoms with Crippen LogP contribution in [0.25, 0.3) is 11.3 Å². The number of hydrogen-bond donors (Lipinski definition) is 2. The Morgan fingerprint density at radius 1 is 1.00 bits per heavy atom. The Labute approximate surface area is 176 Å². The summed E-state index contributed by atoms with van der Waals surface area (Å²) >= 11 is 0. The summed E-state index contributed by atoms with van der Waals surface area (Å²) in [7, 11) is 1.34. The molecule has 0 spiro atoms. The van der Waals surface area contributed by atoms with Crippen molar-refractivity contribution in [3.05, 3.63) is 88.2 Å². The van der Waals surface area contributed by atoms with Gasteiger partial charge in [0.25, 0.3) is 11.6 Å². The molecule has 2 N–H and O–H groups in total. The van der Waals surface area contributed by atoms with E-state index in [1.54, 1.807) is 30.3 Å². The Hall–Kier alpha value is -4.47. The van der Waals surface area contributed by atoms with Crippen LogP contribution >= 0.6 is 0 Å². The molecule has 3 amide bonds. The Morgan fingerprint density at radius 3 is 2.29 bits per heavy atom. The van der Waals surface area contributed by atoms with Crippen molar-refractivity contribution in [2.24, 2.45) is 0 Å². The van der Waals surface area contributed by atoms with Crippen LogP contribution in [0, 0.1) is 10.1 Å². The predicted octanol–water partition coefficient (Wildman–Crippen LogP) is 3.21. The molecule has 1 atom stereocenters. The first-order valence-electron chi connectivity index (χ1n) is 9.02. The molecule has 0 saturated heterocycles. The number of carbonyl (C=O) groups excluding carboxylic acids is 3. The number of benzene rings is 2. The standard InChI is InChI=1S/C21H17N3O7/c1-22-21(27)23-19(25)18(14-5-3-2-4-6-14)31-20(26)17-12-11-16(30-17)13-7-9-15(10-8-13)24(28)29/h2-12,18H,1H3,(H2,22,23,25,27)/t18-/m0/s1. The van der Waals surface area contributed by atoms with E-state index in [0.717, 1.165) is 0 Å². The molecular formula is C21H17N3O7. The lowest BCUT2D eigenvalue weighted by molar-refractivity contribution is -0.384. The maximum absolute atomic E-state index is 12.6. The van der Waals surface area contributed by atoms with E-state index in [-0.39, 0.29) is 17.2 Å². The number of ether oxygens (including phenoxy) is 1. The molecule has 158 valence electrons. The number of furan rings is 1. The molecule has 0 bridgehead atoms. The van der Waals surface area contributed by atoms with Gasteiger partial charge < -0.3 is 14.5 Å². The largest absolute Gasteiger partial charge is 0.449 e. The van der Waals surface area contributed by atoms with Gasteiger partial charge in [-0.1, -0.05) is 30.3 Å². The van der Waals surface area contributed by atoms with Gasteiger partial charge in [0, 0.05) is 30.3 Å². The molecule has 0 aliphatic heterocycles. The number of nitro groups is 1. The van der Waals surface area contributed by atoms with Crippen LogP contribution in [0.2, 0.25) is 0 Å². The Morgan fingerprint density at radius 2 is 1.68 bits per heavy atom. The number of non-ortho nitro benzene ring substituents is 1. The highest BCUT2D eigenvalue weighted by atomic mass is 16.6. The number of nitro benzene ring substituents is 1. The smallest absolute Gasteiger partial charge is 0.375 e. The van der Waals surface area contributed by atoms with Crippen LogP contribution in [-0.2, 0) is 9.53 Å². The van der Waals surface area contributed by atoms with Gasteiger partial charge >= 0.3 is 12.0 Å². The summed E-state index contributed by atoms with van der Waals surface area (Å²) in [6, 6.07) is 15.9. The Bertz CT molecular complexity index is 1110. The Balaban J connectivity index is 1.79. The second kappa shape index (κ2) is 9.35. The fraction of sp³-hybridized carbons (Fsp3) is 0.0952. The molecule has 0 radical (unpaired) electrons. The van der Waals surface area contributed by atoms with Crippen LogP contribution in [0.5, 0.6) is 0 Å². The first-order valence-corrected chi connectivity index (χ1v) is 9.02. The van der Waals surface area contributed by atoms with Gasteiger partial charge in [0.2, 0.25) is 11.9 Å². The average Bonchev–Trinajstić information content (AvgIpc) is 3.28. The monoisotopic (exact) mass is 423 g/mol. The van der Waals surface area contributed by atoms with Gasteiger partial charge in [0.1, 0.15) is 5.76 Å². The molecule has 0 aliphatic carbocycles. The number of amides is 3. The third-order valence-electron chi connectivity index (χ3n) is 4.20. The number of urea groups is 1. The molecule has 1 heterocycles. The quantitative estimate of drug-likeness (QED) is 0.352.